The smallest absolute Gasteiger partial charge is 0.437 e. The van der Waals surface area contributed by atoms with Gasteiger partial charge in [0.2, 0.25) is 17.6 Å². The number of hydrogen-bond acceptors (Lipinski definition) is 8. The zero-order valence-corrected chi connectivity index (χ0v) is 16.3. The Kier molecular flexibility index (Phi) is 6.05. The summed E-state index contributed by atoms with van der Waals surface area (Å²) in [6.07, 6.45) is -2.84. The molecule has 0 fully saturated rings. The average molecular weight is 432 g/mol. The first kappa shape index (κ1) is 21.6. The third kappa shape index (κ3) is 4.55. The summed E-state index contributed by atoms with van der Waals surface area (Å²) in [6, 6.07) is 7.40. The van der Waals surface area contributed by atoms with Crippen molar-refractivity contribution < 1.29 is 22.6 Å². The number of rotatable bonds is 6. The van der Waals surface area contributed by atoms with Crippen molar-refractivity contribution in [2.45, 2.75) is 12.7 Å². The van der Waals surface area contributed by atoms with Crippen molar-refractivity contribution in [3.05, 3.63) is 64.0 Å². The lowest BCUT2D eigenvalue weighted by molar-refractivity contribution is -0.142. The number of halogens is 3. The van der Waals surface area contributed by atoms with E-state index in [0.29, 0.717) is 5.56 Å². The van der Waals surface area contributed by atoms with Crippen molar-refractivity contribution in [1.29, 1.82) is 5.26 Å². The van der Waals surface area contributed by atoms with Crippen molar-refractivity contribution in [2.75, 3.05) is 19.5 Å². The highest BCUT2D eigenvalue weighted by Crippen LogP contribution is 2.35. The lowest BCUT2D eigenvalue weighted by atomic mass is 10.2. The number of nitrogens with one attached hydrogen (secondary N) is 1. The predicted molar refractivity (Wildman–Crippen MR) is 102 cm³/mol. The maximum atomic E-state index is 13.5. The van der Waals surface area contributed by atoms with Crippen LogP contribution in [0.2, 0.25) is 0 Å². The van der Waals surface area contributed by atoms with Crippen LogP contribution in [0.5, 0.6) is 17.4 Å². The molecule has 160 valence electrons. The first-order valence-corrected chi connectivity index (χ1v) is 8.69. The molecule has 12 heteroatoms. The summed E-state index contributed by atoms with van der Waals surface area (Å²) in [5.41, 5.74) is -2.32. The predicted octanol–water partition coefficient (Wildman–Crippen LogP) is 2.81. The minimum absolute atomic E-state index is 0.0387. The topological polar surface area (TPSA) is 115 Å². The van der Waals surface area contributed by atoms with Gasteiger partial charge in [0.1, 0.15) is 11.8 Å². The van der Waals surface area contributed by atoms with Crippen molar-refractivity contribution in [2.24, 2.45) is 0 Å². The van der Waals surface area contributed by atoms with Gasteiger partial charge in [-0.1, -0.05) is 12.1 Å². The Morgan fingerprint density at radius 1 is 1.26 bits per heavy atom. The number of nitriles is 1. The third-order valence-corrected chi connectivity index (χ3v) is 4.07. The molecule has 0 amide bonds. The first-order chi connectivity index (χ1) is 14.8. The van der Waals surface area contributed by atoms with Crippen LogP contribution >= 0.6 is 0 Å². The first-order valence-electron chi connectivity index (χ1n) is 8.69. The molecule has 1 N–H and O–H groups in total. The highest BCUT2D eigenvalue weighted by atomic mass is 19.4. The second kappa shape index (κ2) is 8.70. The van der Waals surface area contributed by atoms with Crippen LogP contribution in [0.25, 0.3) is 0 Å². The molecule has 0 saturated carbocycles. The Hall–Kier alpha value is -4.14. The van der Waals surface area contributed by atoms with E-state index >= 15 is 0 Å². The quantitative estimate of drug-likeness (QED) is 0.632. The number of nitrogens with zero attached hydrogens (tertiary/aromatic N) is 5. The molecular formula is C19H15F3N6O3. The van der Waals surface area contributed by atoms with Crippen LogP contribution in [0, 0.1) is 11.3 Å². The van der Waals surface area contributed by atoms with E-state index in [0.717, 1.165) is 10.9 Å². The van der Waals surface area contributed by atoms with E-state index in [2.05, 4.69) is 20.3 Å². The highest BCUT2D eigenvalue weighted by molar-refractivity contribution is 5.45. The zero-order valence-electron chi connectivity index (χ0n) is 16.3. The molecule has 0 aliphatic carbocycles. The molecule has 0 unspecified atom stereocenters. The largest absolute Gasteiger partial charge is 0.481 e. The minimum Gasteiger partial charge on any atom is -0.481 e. The Labute approximate surface area is 173 Å². The van der Waals surface area contributed by atoms with Gasteiger partial charge >= 0.3 is 6.18 Å². The van der Waals surface area contributed by atoms with E-state index in [1.165, 1.54) is 37.6 Å². The molecule has 1 aromatic carbocycles. The molecule has 2 heterocycles. The van der Waals surface area contributed by atoms with E-state index in [9.17, 15) is 18.0 Å². The molecule has 0 bridgehead atoms. The second-order valence-electron chi connectivity index (χ2n) is 6.04. The summed E-state index contributed by atoms with van der Waals surface area (Å²) in [6.45, 7) is -0.229. The third-order valence-electron chi connectivity index (χ3n) is 4.07. The fraction of sp³-hybridized carbons (Fsp3) is 0.211. The summed E-state index contributed by atoms with van der Waals surface area (Å²) < 4.78 is 51.7. The molecular weight excluding hydrogens is 417 g/mol. The van der Waals surface area contributed by atoms with Gasteiger partial charge in [-0.3, -0.25) is 9.36 Å². The van der Waals surface area contributed by atoms with Crippen LogP contribution in [0.15, 0.2) is 41.6 Å². The van der Waals surface area contributed by atoms with Gasteiger partial charge in [-0.05, 0) is 12.1 Å². The summed E-state index contributed by atoms with van der Waals surface area (Å²) in [7, 11) is 2.95. The molecule has 0 aliphatic heterocycles. The Morgan fingerprint density at radius 3 is 2.65 bits per heavy atom. The minimum atomic E-state index is -4.95. The normalized spacial score (nSPS) is 11.0. The molecule has 3 aromatic rings. The molecule has 9 nitrogen and oxygen atoms in total. The molecule has 3 rings (SSSR count). The standard InChI is InChI=1S/C19H15F3N6O3/c1-24-18-25-8-12(16(27-18)30-2)9-28-10-26-15(19(20,21)22)14(17(28)29)31-13-6-4-3-5-11(13)7-23/h3-6,8,10H,9H2,1-2H3,(H,24,25,27). The molecule has 0 saturated heterocycles. The maximum absolute atomic E-state index is 13.5. The van der Waals surface area contributed by atoms with Gasteiger partial charge in [-0.25, -0.2) is 9.97 Å². The second-order valence-corrected chi connectivity index (χ2v) is 6.04. The van der Waals surface area contributed by atoms with Crippen LogP contribution in [0.4, 0.5) is 19.1 Å². The number of aromatic nitrogens is 4. The lowest BCUT2D eigenvalue weighted by Crippen LogP contribution is -2.27. The molecule has 0 radical (unpaired) electrons. The number of methoxy groups -OCH3 is 1. The van der Waals surface area contributed by atoms with E-state index in [4.69, 9.17) is 14.7 Å². The van der Waals surface area contributed by atoms with Gasteiger partial charge in [0.15, 0.2) is 5.69 Å². The van der Waals surface area contributed by atoms with E-state index in [1.807, 2.05) is 0 Å². The van der Waals surface area contributed by atoms with E-state index in [-0.39, 0.29) is 29.7 Å². The van der Waals surface area contributed by atoms with E-state index in [1.54, 1.807) is 13.1 Å². The van der Waals surface area contributed by atoms with Gasteiger partial charge in [0.25, 0.3) is 5.56 Å². The molecule has 2 aromatic heterocycles. The van der Waals surface area contributed by atoms with E-state index < -0.39 is 23.2 Å². The van der Waals surface area contributed by atoms with Gasteiger partial charge in [-0.15, -0.1) is 0 Å². The lowest BCUT2D eigenvalue weighted by Gasteiger charge is -2.15. The van der Waals surface area contributed by atoms with Crippen molar-refractivity contribution in [1.82, 2.24) is 19.5 Å². The fourth-order valence-electron chi connectivity index (χ4n) is 2.62. The van der Waals surface area contributed by atoms with Crippen LogP contribution in [-0.2, 0) is 12.7 Å². The van der Waals surface area contributed by atoms with Crippen LogP contribution in [-0.4, -0.2) is 33.7 Å². The van der Waals surface area contributed by atoms with Gasteiger partial charge < -0.3 is 14.8 Å². The Bertz CT molecular complexity index is 1200. The molecule has 31 heavy (non-hydrogen) atoms. The van der Waals surface area contributed by atoms with Crippen LogP contribution in [0.1, 0.15) is 16.8 Å². The molecule has 0 aliphatic rings. The number of alkyl halides is 3. The van der Waals surface area contributed by atoms with Crippen LogP contribution in [0.3, 0.4) is 0 Å². The Morgan fingerprint density at radius 2 is 2.00 bits per heavy atom. The zero-order chi connectivity index (χ0) is 22.6. The van der Waals surface area contributed by atoms with Gasteiger partial charge in [-0.2, -0.15) is 23.4 Å². The van der Waals surface area contributed by atoms with Gasteiger partial charge in [0, 0.05) is 13.2 Å². The summed E-state index contributed by atoms with van der Waals surface area (Å²) in [4.78, 5) is 24.4. The summed E-state index contributed by atoms with van der Waals surface area (Å²) >= 11 is 0. The number of benzene rings is 1. The van der Waals surface area contributed by atoms with Crippen molar-refractivity contribution in [3.8, 4) is 23.4 Å². The van der Waals surface area contributed by atoms with Crippen molar-refractivity contribution in [3.63, 3.8) is 0 Å². The average Bonchev–Trinajstić information content (AvgIpc) is 2.76. The number of hydrogen-bond donors (Lipinski definition) is 1. The van der Waals surface area contributed by atoms with Crippen molar-refractivity contribution >= 4 is 5.95 Å². The maximum Gasteiger partial charge on any atom is 0.437 e. The Balaban J connectivity index is 2.10. The monoisotopic (exact) mass is 432 g/mol. The molecule has 0 atom stereocenters. The molecule has 0 spiro atoms. The number of para-hydroxylation sites is 1. The SMILES string of the molecule is CNc1ncc(Cn2cnc(C(F)(F)F)c(Oc3ccccc3C#N)c2=O)c(OC)n1. The summed E-state index contributed by atoms with van der Waals surface area (Å²) in [5.74, 6) is -0.866. The van der Waals surface area contributed by atoms with Gasteiger partial charge in [0.05, 0.1) is 31.1 Å². The summed E-state index contributed by atoms with van der Waals surface area (Å²) in [5, 5.41) is 11.9. The number of ether oxygens (including phenoxy) is 2. The number of anilines is 1. The highest BCUT2D eigenvalue weighted by Gasteiger charge is 2.39. The fourth-order valence-corrected chi connectivity index (χ4v) is 2.62. The van der Waals surface area contributed by atoms with Crippen LogP contribution < -0.4 is 20.3 Å².